The van der Waals surface area contributed by atoms with E-state index in [4.69, 9.17) is 0 Å². The highest BCUT2D eigenvalue weighted by atomic mass is 32.1. The zero-order valence-corrected chi connectivity index (χ0v) is 27.0. The number of rotatable bonds is 4. The molecule has 3 heterocycles. The number of benzene rings is 7. The van der Waals surface area contributed by atoms with Crippen LogP contribution in [0.5, 0.6) is 0 Å². The number of nitrogens with zero attached hydrogens (tertiary/aromatic N) is 1. The minimum Gasteiger partial charge on any atom is -0.308 e. The monoisotopic (exact) mass is 633 g/mol. The summed E-state index contributed by atoms with van der Waals surface area (Å²) >= 11 is 3.81. The van der Waals surface area contributed by atoms with Crippen LogP contribution in [0.3, 0.4) is 0 Å². The Morgan fingerprint density at radius 3 is 1.70 bits per heavy atom. The summed E-state index contributed by atoms with van der Waals surface area (Å²) in [6, 6.07) is 59.8. The van der Waals surface area contributed by atoms with Crippen LogP contribution >= 0.6 is 22.7 Å². The van der Waals surface area contributed by atoms with Gasteiger partial charge in [0, 0.05) is 41.3 Å². The number of thiophene rings is 2. The molecule has 0 saturated heterocycles. The summed E-state index contributed by atoms with van der Waals surface area (Å²) in [5.41, 5.74) is 11.3. The van der Waals surface area contributed by atoms with Gasteiger partial charge in [-0.3, -0.25) is 0 Å². The van der Waals surface area contributed by atoms with Crippen molar-refractivity contribution in [3.05, 3.63) is 164 Å². The fourth-order valence-electron chi connectivity index (χ4n) is 7.34. The third-order valence-corrected chi connectivity index (χ3v) is 11.9. The molecular formula is C44H27NS2. The molecule has 0 N–H and O–H groups in total. The Kier molecular flexibility index (Phi) is 5.98. The van der Waals surface area contributed by atoms with Gasteiger partial charge in [-0.2, -0.15) is 0 Å². The minimum absolute atomic E-state index is 1.19. The molecular weight excluding hydrogens is 607 g/mol. The zero-order chi connectivity index (χ0) is 30.9. The molecule has 0 aliphatic heterocycles. The molecule has 0 aliphatic rings. The molecule has 1 nitrogen and oxygen atoms in total. The zero-order valence-electron chi connectivity index (χ0n) is 25.4. The lowest BCUT2D eigenvalue weighted by atomic mass is 9.96. The summed E-state index contributed by atoms with van der Waals surface area (Å²) in [6.45, 7) is 0. The molecule has 0 unspecified atom stereocenters. The van der Waals surface area contributed by atoms with Crippen LogP contribution < -0.4 is 0 Å². The van der Waals surface area contributed by atoms with Gasteiger partial charge in [0.25, 0.3) is 0 Å². The molecule has 0 radical (unpaired) electrons. The van der Waals surface area contributed by atoms with Gasteiger partial charge in [-0.1, -0.05) is 133 Å². The average molecular weight is 634 g/mol. The number of para-hydroxylation sites is 2. The first-order valence-corrected chi connectivity index (χ1v) is 17.6. The van der Waals surface area contributed by atoms with E-state index >= 15 is 0 Å². The van der Waals surface area contributed by atoms with Crippen LogP contribution in [0.25, 0.3) is 90.4 Å². The Balaban J connectivity index is 1.20. The Morgan fingerprint density at radius 1 is 0.383 bits per heavy atom. The molecule has 0 saturated carbocycles. The second-order valence-electron chi connectivity index (χ2n) is 12.1. The van der Waals surface area contributed by atoms with Gasteiger partial charge in [-0.15, -0.1) is 22.7 Å². The second kappa shape index (κ2) is 10.5. The normalized spacial score (nSPS) is 11.8. The molecule has 0 aliphatic carbocycles. The first-order chi connectivity index (χ1) is 23.3. The van der Waals surface area contributed by atoms with Gasteiger partial charge in [0.1, 0.15) is 0 Å². The van der Waals surface area contributed by atoms with E-state index in [1.807, 2.05) is 22.7 Å². The summed E-state index contributed by atoms with van der Waals surface area (Å²) in [6.07, 6.45) is 0. The number of hydrogen-bond donors (Lipinski definition) is 0. The first-order valence-electron chi connectivity index (χ1n) is 15.9. The molecule has 7 aromatic carbocycles. The molecule has 0 spiro atoms. The lowest BCUT2D eigenvalue weighted by molar-refractivity contribution is 1.19. The van der Waals surface area contributed by atoms with Crippen LogP contribution in [0.2, 0.25) is 0 Å². The molecule has 47 heavy (non-hydrogen) atoms. The van der Waals surface area contributed by atoms with Crippen molar-refractivity contribution >= 4 is 74.1 Å². The summed E-state index contributed by atoms with van der Waals surface area (Å²) in [4.78, 5) is 0. The van der Waals surface area contributed by atoms with Crippen molar-refractivity contribution in [3.63, 3.8) is 0 Å². The molecule has 10 rings (SSSR count). The van der Waals surface area contributed by atoms with E-state index in [0.29, 0.717) is 0 Å². The highest BCUT2D eigenvalue weighted by molar-refractivity contribution is 7.27. The highest BCUT2D eigenvalue weighted by Gasteiger charge is 2.20. The lowest BCUT2D eigenvalue weighted by Gasteiger charge is -2.11. The van der Waals surface area contributed by atoms with E-state index in [2.05, 4.69) is 168 Å². The van der Waals surface area contributed by atoms with Crippen molar-refractivity contribution in [2.75, 3.05) is 0 Å². The van der Waals surface area contributed by atoms with Crippen LogP contribution in [0.4, 0.5) is 0 Å². The van der Waals surface area contributed by atoms with Crippen molar-refractivity contribution in [3.8, 4) is 39.1 Å². The third kappa shape index (κ3) is 4.07. The predicted molar refractivity (Wildman–Crippen MR) is 205 cm³/mol. The summed E-state index contributed by atoms with van der Waals surface area (Å²) < 4.78 is 7.79. The van der Waals surface area contributed by atoms with Gasteiger partial charge in [0.05, 0.1) is 15.7 Å². The SMILES string of the molecule is c1ccc(-c2cccc3c2sc2c(-c4cccc(-c5cccc6sc7c8ccccc8n(-c8ccccc8)c7c56)c4)cccc23)cc1. The molecule has 3 heteroatoms. The Morgan fingerprint density at radius 2 is 0.936 bits per heavy atom. The average Bonchev–Trinajstić information content (AvgIpc) is 3.81. The molecule has 220 valence electrons. The van der Waals surface area contributed by atoms with E-state index in [1.165, 1.54) is 90.4 Å². The smallest absolute Gasteiger partial charge is 0.0734 e. The van der Waals surface area contributed by atoms with E-state index in [1.54, 1.807) is 0 Å². The molecule has 0 atom stereocenters. The lowest BCUT2D eigenvalue weighted by Crippen LogP contribution is -1.93. The van der Waals surface area contributed by atoms with Gasteiger partial charge in [0.2, 0.25) is 0 Å². The summed E-state index contributed by atoms with van der Waals surface area (Å²) in [7, 11) is 0. The molecule has 3 aromatic heterocycles. The molecule has 10 aromatic rings. The van der Waals surface area contributed by atoms with Crippen molar-refractivity contribution in [1.29, 1.82) is 0 Å². The van der Waals surface area contributed by atoms with Crippen molar-refractivity contribution in [2.24, 2.45) is 0 Å². The highest BCUT2D eigenvalue weighted by Crippen LogP contribution is 2.47. The maximum Gasteiger partial charge on any atom is 0.0734 e. The second-order valence-corrected chi connectivity index (χ2v) is 14.1. The van der Waals surface area contributed by atoms with E-state index in [0.717, 1.165) is 0 Å². The Labute approximate surface area is 280 Å². The van der Waals surface area contributed by atoms with E-state index in [9.17, 15) is 0 Å². The predicted octanol–water partition coefficient (Wildman–Crippen LogP) is 13.4. The van der Waals surface area contributed by atoms with Crippen LogP contribution in [0, 0.1) is 0 Å². The fraction of sp³-hybridized carbons (Fsp3) is 0. The largest absolute Gasteiger partial charge is 0.308 e. The van der Waals surface area contributed by atoms with Crippen molar-refractivity contribution in [1.82, 2.24) is 4.57 Å². The molecule has 0 bridgehead atoms. The van der Waals surface area contributed by atoms with Gasteiger partial charge < -0.3 is 4.57 Å². The van der Waals surface area contributed by atoms with Crippen LogP contribution in [-0.2, 0) is 0 Å². The van der Waals surface area contributed by atoms with Crippen molar-refractivity contribution < 1.29 is 0 Å². The number of fused-ring (bicyclic) bond motifs is 8. The van der Waals surface area contributed by atoms with Gasteiger partial charge in [-0.05, 0) is 63.7 Å². The minimum atomic E-state index is 1.19. The summed E-state index contributed by atoms with van der Waals surface area (Å²) in [5, 5.41) is 5.26. The summed E-state index contributed by atoms with van der Waals surface area (Å²) in [5.74, 6) is 0. The third-order valence-electron chi connectivity index (χ3n) is 9.41. The quantitative estimate of drug-likeness (QED) is 0.182. The maximum absolute atomic E-state index is 2.46. The first kappa shape index (κ1) is 26.7. The Bertz CT molecular complexity index is 2780. The van der Waals surface area contributed by atoms with Gasteiger partial charge in [-0.25, -0.2) is 0 Å². The van der Waals surface area contributed by atoms with Gasteiger partial charge >= 0.3 is 0 Å². The molecule has 0 amide bonds. The van der Waals surface area contributed by atoms with E-state index in [-0.39, 0.29) is 0 Å². The number of aromatic nitrogens is 1. The fourth-order valence-corrected chi connectivity index (χ4v) is 9.96. The van der Waals surface area contributed by atoms with Crippen LogP contribution in [0.15, 0.2) is 164 Å². The number of hydrogen-bond acceptors (Lipinski definition) is 2. The topological polar surface area (TPSA) is 4.93 Å². The van der Waals surface area contributed by atoms with E-state index < -0.39 is 0 Å². The standard InChI is InChI=1S/C44H27NS2/c1-3-13-28(14-4-1)33-21-10-23-35-36-24-11-22-34(43(36)47-42(33)35)30-16-9-15-29(27-30)32-20-12-26-39-40(32)41-44(46-39)37-19-7-8-25-38(37)45(41)31-17-5-2-6-18-31/h1-27H. The van der Waals surface area contributed by atoms with Crippen molar-refractivity contribution in [2.45, 2.75) is 0 Å². The van der Waals surface area contributed by atoms with Crippen LogP contribution in [-0.4, -0.2) is 4.57 Å². The Hall–Kier alpha value is -5.48. The van der Waals surface area contributed by atoms with Crippen LogP contribution in [0.1, 0.15) is 0 Å². The van der Waals surface area contributed by atoms with Gasteiger partial charge in [0.15, 0.2) is 0 Å². The molecule has 0 fully saturated rings. The maximum atomic E-state index is 2.46.